The highest BCUT2D eigenvalue weighted by molar-refractivity contribution is 6.33. The molecule has 0 amide bonds. The van der Waals surface area contributed by atoms with E-state index in [1.165, 1.54) is 0 Å². The summed E-state index contributed by atoms with van der Waals surface area (Å²) >= 11 is 0. The fourth-order valence-corrected chi connectivity index (χ4v) is 6.98. The Morgan fingerprint density at radius 2 is 1.12 bits per heavy atom. The van der Waals surface area contributed by atoms with Crippen molar-refractivity contribution in [2.75, 3.05) is 5.73 Å². The van der Waals surface area contributed by atoms with Gasteiger partial charge in [-0.1, -0.05) is 85.7 Å². The number of ketones is 2. The van der Waals surface area contributed by atoms with Gasteiger partial charge in [0.1, 0.15) is 11.5 Å². The zero-order valence-electron chi connectivity index (χ0n) is 27.2. The van der Waals surface area contributed by atoms with E-state index in [9.17, 15) is 19.8 Å². The molecule has 5 nitrogen and oxygen atoms in total. The van der Waals surface area contributed by atoms with Crippen molar-refractivity contribution in [1.82, 2.24) is 0 Å². The molecule has 0 aliphatic heterocycles. The Hall–Kier alpha value is -3.60. The summed E-state index contributed by atoms with van der Waals surface area (Å²) in [5.41, 5.74) is 9.56. The van der Waals surface area contributed by atoms with Crippen LogP contribution >= 0.6 is 0 Å². The van der Waals surface area contributed by atoms with Gasteiger partial charge < -0.3 is 15.9 Å². The van der Waals surface area contributed by atoms with Crippen LogP contribution in [-0.4, -0.2) is 21.8 Å². The van der Waals surface area contributed by atoms with Crippen molar-refractivity contribution in [3.63, 3.8) is 0 Å². The molecular formula is C38H49NO4. The van der Waals surface area contributed by atoms with Crippen molar-refractivity contribution in [2.45, 2.75) is 93.9 Å². The van der Waals surface area contributed by atoms with Crippen LogP contribution in [0.25, 0.3) is 11.1 Å². The highest BCUT2D eigenvalue weighted by atomic mass is 16.3. The summed E-state index contributed by atoms with van der Waals surface area (Å²) in [6.45, 7) is 17.7. The number of carbonyl (C=O) groups is 2. The zero-order chi connectivity index (χ0) is 31.9. The normalized spacial score (nSPS) is 14.8. The van der Waals surface area contributed by atoms with Crippen molar-refractivity contribution in [2.24, 2.45) is 22.7 Å². The molecule has 3 aromatic rings. The van der Waals surface area contributed by atoms with Crippen LogP contribution in [0.5, 0.6) is 11.5 Å². The van der Waals surface area contributed by atoms with Gasteiger partial charge in [-0.15, -0.1) is 0 Å². The molecule has 0 heterocycles. The van der Waals surface area contributed by atoms with Crippen LogP contribution in [0.4, 0.5) is 5.69 Å². The lowest BCUT2D eigenvalue weighted by atomic mass is 9.76. The van der Waals surface area contributed by atoms with Gasteiger partial charge in [0.15, 0.2) is 11.6 Å². The second-order valence-corrected chi connectivity index (χ2v) is 15.2. The van der Waals surface area contributed by atoms with Gasteiger partial charge >= 0.3 is 0 Å². The Kier molecular flexibility index (Phi) is 9.16. The number of hydrogen-bond acceptors (Lipinski definition) is 5. The third-order valence-corrected chi connectivity index (χ3v) is 8.52. The monoisotopic (exact) mass is 583 g/mol. The summed E-state index contributed by atoms with van der Waals surface area (Å²) in [6, 6.07) is 12.9. The van der Waals surface area contributed by atoms with Crippen molar-refractivity contribution in [1.29, 1.82) is 0 Å². The van der Waals surface area contributed by atoms with E-state index < -0.39 is 11.6 Å². The summed E-state index contributed by atoms with van der Waals surface area (Å²) in [6.07, 6.45) is 4.80. The quantitative estimate of drug-likeness (QED) is 0.135. The van der Waals surface area contributed by atoms with Crippen LogP contribution < -0.4 is 5.73 Å². The van der Waals surface area contributed by atoms with Gasteiger partial charge in [0, 0.05) is 11.3 Å². The molecule has 0 radical (unpaired) electrons. The molecular weight excluding hydrogens is 534 g/mol. The van der Waals surface area contributed by atoms with Crippen molar-refractivity contribution >= 4 is 17.3 Å². The van der Waals surface area contributed by atoms with Gasteiger partial charge in [0.25, 0.3) is 0 Å². The fraction of sp³-hybridized carbons (Fsp3) is 0.474. The molecule has 0 saturated carbocycles. The number of aromatic hydroxyl groups is 2. The average molecular weight is 584 g/mol. The van der Waals surface area contributed by atoms with Crippen LogP contribution in [-0.2, 0) is 12.8 Å². The van der Waals surface area contributed by atoms with Crippen LogP contribution in [0.15, 0.2) is 42.5 Å². The molecule has 43 heavy (non-hydrogen) atoms. The Morgan fingerprint density at radius 3 is 1.60 bits per heavy atom. The Bertz CT molecular complexity index is 1520. The molecule has 0 saturated heterocycles. The SMILES string of the molecule is CC(CCc1cc(N)c2c(c1O)C(=O)c1c(-c3ccccc3)cc(CCC(C)CC(C)(C)C)c(O)c1C2=O)CC(C)(C)C. The highest BCUT2D eigenvalue weighted by Crippen LogP contribution is 2.46. The fourth-order valence-electron chi connectivity index (χ4n) is 6.98. The van der Waals surface area contributed by atoms with Gasteiger partial charge in [-0.05, 0) is 95.6 Å². The number of nitrogen functional groups attached to an aromatic ring is 1. The van der Waals surface area contributed by atoms with E-state index in [4.69, 9.17) is 5.73 Å². The third kappa shape index (κ3) is 7.14. The molecule has 1 aliphatic carbocycles. The van der Waals surface area contributed by atoms with Gasteiger partial charge in [-0.3, -0.25) is 9.59 Å². The Balaban J connectivity index is 1.81. The topological polar surface area (TPSA) is 101 Å². The smallest absolute Gasteiger partial charge is 0.200 e. The van der Waals surface area contributed by atoms with Gasteiger partial charge in [0.2, 0.25) is 0 Å². The maximum Gasteiger partial charge on any atom is 0.200 e. The molecule has 0 bridgehead atoms. The number of nitrogens with two attached hydrogens (primary N) is 1. The molecule has 0 spiro atoms. The van der Waals surface area contributed by atoms with Crippen LogP contribution in [0.2, 0.25) is 0 Å². The number of phenols is 2. The molecule has 0 aromatic heterocycles. The summed E-state index contributed by atoms with van der Waals surface area (Å²) in [7, 11) is 0. The number of rotatable bonds is 9. The first-order valence-electron chi connectivity index (χ1n) is 15.7. The first-order valence-corrected chi connectivity index (χ1v) is 15.7. The minimum atomic E-state index is -0.524. The minimum absolute atomic E-state index is 0.0185. The van der Waals surface area contributed by atoms with Gasteiger partial charge in [-0.25, -0.2) is 0 Å². The lowest BCUT2D eigenvalue weighted by molar-refractivity contribution is 0.0975. The number of carbonyl (C=O) groups excluding carboxylic acids is 2. The first-order chi connectivity index (χ1) is 20.0. The lowest BCUT2D eigenvalue weighted by Crippen LogP contribution is -2.25. The lowest BCUT2D eigenvalue weighted by Gasteiger charge is -2.27. The summed E-state index contributed by atoms with van der Waals surface area (Å²) in [4.78, 5) is 28.4. The van der Waals surface area contributed by atoms with Crippen LogP contribution in [0.3, 0.4) is 0 Å². The van der Waals surface area contributed by atoms with E-state index in [1.54, 1.807) is 6.07 Å². The standard InChI is InChI=1S/C38H49NO4/c1-22(20-37(3,4)5)14-16-25-18-27(24-12-10-9-11-13-24)29-31(33(25)40)36(43)30-28(39)19-26(34(41)32(30)35(29)42)17-15-23(2)21-38(6,7)8/h9-13,18-19,22-23,40-41H,14-17,20-21,39H2,1-8H3. The molecule has 3 aromatic carbocycles. The van der Waals surface area contributed by atoms with Crippen molar-refractivity contribution < 1.29 is 19.8 Å². The van der Waals surface area contributed by atoms with Gasteiger partial charge in [0.05, 0.1) is 16.7 Å². The predicted molar refractivity (Wildman–Crippen MR) is 176 cm³/mol. The first kappa shape index (κ1) is 32.3. The highest BCUT2D eigenvalue weighted by Gasteiger charge is 2.39. The van der Waals surface area contributed by atoms with E-state index in [1.807, 2.05) is 36.4 Å². The molecule has 5 heteroatoms. The van der Waals surface area contributed by atoms with E-state index in [0.717, 1.165) is 31.2 Å². The maximum atomic E-state index is 14.3. The summed E-state index contributed by atoms with van der Waals surface area (Å²) in [5.74, 6) is -0.549. The molecule has 2 atom stereocenters. The molecule has 0 fully saturated rings. The maximum absolute atomic E-state index is 14.3. The minimum Gasteiger partial charge on any atom is -0.507 e. The third-order valence-electron chi connectivity index (χ3n) is 8.52. The van der Waals surface area contributed by atoms with Crippen LogP contribution in [0, 0.1) is 22.7 Å². The van der Waals surface area contributed by atoms with Gasteiger partial charge in [-0.2, -0.15) is 0 Å². The van der Waals surface area contributed by atoms with E-state index >= 15 is 0 Å². The zero-order valence-corrected chi connectivity index (χ0v) is 27.2. The number of phenolic OH excluding ortho intramolecular Hbond substituents is 2. The predicted octanol–water partition coefficient (Wildman–Crippen LogP) is 9.13. The molecule has 4 N–H and O–H groups in total. The number of benzene rings is 3. The number of aryl methyl sites for hydroxylation is 2. The largest absolute Gasteiger partial charge is 0.507 e. The van der Waals surface area contributed by atoms with Crippen LogP contribution in [0.1, 0.15) is 124 Å². The number of fused-ring (bicyclic) bond motifs is 2. The number of anilines is 1. The summed E-state index contributed by atoms with van der Waals surface area (Å²) < 4.78 is 0. The van der Waals surface area contributed by atoms with E-state index in [-0.39, 0.29) is 50.3 Å². The molecule has 230 valence electrons. The van der Waals surface area contributed by atoms with E-state index in [0.29, 0.717) is 41.4 Å². The summed E-state index contributed by atoms with van der Waals surface area (Å²) in [5, 5.41) is 23.0. The average Bonchev–Trinajstić information content (AvgIpc) is 2.89. The molecule has 2 unspecified atom stereocenters. The van der Waals surface area contributed by atoms with E-state index in [2.05, 4.69) is 55.4 Å². The Labute approximate surface area is 257 Å². The Morgan fingerprint density at radius 1 is 0.674 bits per heavy atom. The molecule has 1 aliphatic rings. The van der Waals surface area contributed by atoms with Crippen molar-refractivity contribution in [3.05, 3.63) is 75.8 Å². The van der Waals surface area contributed by atoms with Crippen molar-refractivity contribution in [3.8, 4) is 22.6 Å². The molecule has 4 rings (SSSR count). The second-order valence-electron chi connectivity index (χ2n) is 15.2. The second kappa shape index (κ2) is 12.2. The number of hydrogen-bond donors (Lipinski definition) is 3.